The smallest absolute Gasteiger partial charge is 0.344 e. The van der Waals surface area contributed by atoms with E-state index < -0.39 is 11.9 Å². The van der Waals surface area contributed by atoms with Gasteiger partial charge in [0, 0.05) is 11.4 Å². The van der Waals surface area contributed by atoms with E-state index in [0.717, 1.165) is 17.3 Å². The summed E-state index contributed by atoms with van der Waals surface area (Å²) < 4.78 is 10.8. The quantitative estimate of drug-likeness (QED) is 0.440. The van der Waals surface area contributed by atoms with Gasteiger partial charge in [-0.15, -0.1) is 0 Å². The third-order valence-electron chi connectivity index (χ3n) is 4.46. The summed E-state index contributed by atoms with van der Waals surface area (Å²) in [6, 6.07) is 12.5. The highest BCUT2D eigenvalue weighted by molar-refractivity contribution is 8.18. The van der Waals surface area contributed by atoms with Gasteiger partial charge in [-0.3, -0.25) is 4.79 Å². The molecule has 0 unspecified atom stereocenters. The topological polar surface area (TPSA) is 85.2 Å². The van der Waals surface area contributed by atoms with Crippen molar-refractivity contribution >= 4 is 58.0 Å². The van der Waals surface area contributed by atoms with Crippen LogP contribution in [0.3, 0.4) is 0 Å². The molecule has 9 heteroatoms. The maximum absolute atomic E-state index is 12.3. The Morgan fingerprint density at radius 3 is 2.48 bits per heavy atom. The van der Waals surface area contributed by atoms with Crippen molar-refractivity contribution < 1.29 is 24.2 Å². The van der Waals surface area contributed by atoms with Gasteiger partial charge in [0.25, 0.3) is 0 Å². The SMILES string of the molecule is CCOC(=O)C1=C(O)/C(=C/c2ccc(OCc3ccc(Cl)cc3)c(Cl)c2)SC1=NC(=O)CC. The van der Waals surface area contributed by atoms with Crippen LogP contribution in [-0.2, 0) is 20.9 Å². The van der Waals surface area contributed by atoms with Crippen LogP contribution in [0.2, 0.25) is 10.0 Å². The molecular formula is C24H21Cl2NO5S. The second-order valence-electron chi connectivity index (χ2n) is 6.82. The first-order valence-electron chi connectivity index (χ1n) is 10.1. The lowest BCUT2D eigenvalue weighted by Gasteiger charge is -2.09. The van der Waals surface area contributed by atoms with Crippen LogP contribution in [0.15, 0.2) is 63.7 Å². The van der Waals surface area contributed by atoms with E-state index in [1.54, 1.807) is 50.3 Å². The van der Waals surface area contributed by atoms with Crippen molar-refractivity contribution in [2.75, 3.05) is 6.61 Å². The summed E-state index contributed by atoms with van der Waals surface area (Å²) in [5.74, 6) is -0.938. The molecule has 6 nitrogen and oxygen atoms in total. The van der Waals surface area contributed by atoms with Crippen LogP contribution in [-0.4, -0.2) is 28.6 Å². The number of aliphatic hydroxyl groups is 1. The second kappa shape index (κ2) is 11.4. The zero-order valence-electron chi connectivity index (χ0n) is 17.9. The lowest BCUT2D eigenvalue weighted by atomic mass is 10.1. The third kappa shape index (κ3) is 6.41. The summed E-state index contributed by atoms with van der Waals surface area (Å²) in [6.07, 6.45) is 1.82. The highest BCUT2D eigenvalue weighted by Gasteiger charge is 2.33. The van der Waals surface area contributed by atoms with E-state index in [1.165, 1.54) is 0 Å². The maximum atomic E-state index is 12.3. The number of esters is 1. The van der Waals surface area contributed by atoms with Gasteiger partial charge < -0.3 is 14.6 Å². The minimum Gasteiger partial charge on any atom is -0.506 e. The van der Waals surface area contributed by atoms with Gasteiger partial charge in [-0.05, 0) is 48.4 Å². The zero-order valence-corrected chi connectivity index (χ0v) is 20.3. The number of carbonyl (C=O) groups excluding carboxylic acids is 2. The standard InChI is InChI=1S/C24H21Cl2NO5S/c1-3-20(28)27-23-21(24(30)31-4-2)22(29)19(33-23)12-15-7-10-18(17(26)11-15)32-13-14-5-8-16(25)9-6-14/h5-12,29H,3-4,13H2,1-2H3/b19-12-,27-23?. The predicted octanol–water partition coefficient (Wildman–Crippen LogP) is 6.37. The molecule has 0 saturated heterocycles. The second-order valence-corrected chi connectivity index (χ2v) is 8.70. The molecule has 1 heterocycles. The Labute approximate surface area is 205 Å². The summed E-state index contributed by atoms with van der Waals surface area (Å²) in [7, 11) is 0. The van der Waals surface area contributed by atoms with Crippen molar-refractivity contribution in [2.45, 2.75) is 26.9 Å². The van der Waals surface area contributed by atoms with Gasteiger partial charge in [-0.1, -0.05) is 60.1 Å². The van der Waals surface area contributed by atoms with E-state index in [-0.39, 0.29) is 29.4 Å². The van der Waals surface area contributed by atoms with Crippen molar-refractivity contribution in [3.05, 3.63) is 79.9 Å². The van der Waals surface area contributed by atoms with E-state index >= 15 is 0 Å². The molecule has 2 aromatic carbocycles. The number of carbonyl (C=O) groups is 2. The summed E-state index contributed by atoms with van der Waals surface area (Å²) in [5, 5.41) is 11.8. The molecule has 0 radical (unpaired) electrons. The molecule has 172 valence electrons. The van der Waals surface area contributed by atoms with Gasteiger partial charge in [0.15, 0.2) is 0 Å². The molecular weight excluding hydrogens is 485 g/mol. The Balaban J connectivity index is 1.83. The van der Waals surface area contributed by atoms with Crippen molar-refractivity contribution in [3.8, 4) is 5.75 Å². The fourth-order valence-corrected chi connectivity index (χ4v) is 4.20. The molecule has 3 rings (SSSR count). The first-order chi connectivity index (χ1) is 15.8. The van der Waals surface area contributed by atoms with E-state index in [1.807, 2.05) is 12.1 Å². The van der Waals surface area contributed by atoms with Crippen molar-refractivity contribution in [2.24, 2.45) is 4.99 Å². The Kier molecular flexibility index (Phi) is 8.61. The average molecular weight is 506 g/mol. The fourth-order valence-electron chi connectivity index (χ4n) is 2.80. The molecule has 0 spiro atoms. The van der Waals surface area contributed by atoms with Crippen LogP contribution >= 0.6 is 35.0 Å². The van der Waals surface area contributed by atoms with Gasteiger partial charge in [0.1, 0.15) is 28.7 Å². The van der Waals surface area contributed by atoms with E-state index in [0.29, 0.717) is 32.9 Å². The van der Waals surface area contributed by atoms with Crippen LogP contribution in [0.4, 0.5) is 0 Å². The molecule has 2 aromatic rings. The van der Waals surface area contributed by atoms with Gasteiger partial charge in [0.05, 0.1) is 16.5 Å². The van der Waals surface area contributed by atoms with Crippen LogP contribution in [0, 0.1) is 0 Å². The number of halogens is 2. The first-order valence-corrected chi connectivity index (χ1v) is 11.7. The molecule has 0 saturated carbocycles. The predicted molar refractivity (Wildman–Crippen MR) is 132 cm³/mol. The number of benzene rings is 2. The van der Waals surface area contributed by atoms with Crippen molar-refractivity contribution in [1.82, 2.24) is 0 Å². The minimum absolute atomic E-state index is 0.109. The highest BCUT2D eigenvalue weighted by Crippen LogP contribution is 2.40. The summed E-state index contributed by atoms with van der Waals surface area (Å²) in [6.45, 7) is 3.77. The lowest BCUT2D eigenvalue weighted by molar-refractivity contribution is -0.138. The van der Waals surface area contributed by atoms with Gasteiger partial charge >= 0.3 is 5.97 Å². The molecule has 1 N–H and O–H groups in total. The van der Waals surface area contributed by atoms with Crippen LogP contribution in [0.25, 0.3) is 6.08 Å². The van der Waals surface area contributed by atoms with Crippen LogP contribution in [0.5, 0.6) is 5.75 Å². The monoisotopic (exact) mass is 505 g/mol. The molecule has 1 amide bonds. The highest BCUT2D eigenvalue weighted by atomic mass is 35.5. The van der Waals surface area contributed by atoms with Gasteiger partial charge in [-0.25, -0.2) is 9.79 Å². The number of aliphatic imine (C=N–C) groups is 1. The number of thioether (sulfide) groups is 1. The largest absolute Gasteiger partial charge is 0.506 e. The molecule has 0 fully saturated rings. The first kappa shape index (κ1) is 24.9. The van der Waals surface area contributed by atoms with Crippen molar-refractivity contribution in [3.63, 3.8) is 0 Å². The van der Waals surface area contributed by atoms with Crippen LogP contribution in [0.1, 0.15) is 31.4 Å². The lowest BCUT2D eigenvalue weighted by Crippen LogP contribution is -2.14. The number of rotatable bonds is 7. The van der Waals surface area contributed by atoms with Crippen molar-refractivity contribution in [1.29, 1.82) is 0 Å². The average Bonchev–Trinajstić information content (AvgIpc) is 3.08. The number of nitrogens with zero attached hydrogens (tertiary/aromatic N) is 1. The molecule has 0 aliphatic carbocycles. The molecule has 1 aliphatic heterocycles. The van der Waals surface area contributed by atoms with Gasteiger partial charge in [0.2, 0.25) is 5.91 Å². The van der Waals surface area contributed by atoms with Crippen LogP contribution < -0.4 is 4.74 Å². The molecule has 33 heavy (non-hydrogen) atoms. The summed E-state index contributed by atoms with van der Waals surface area (Å²) in [5.41, 5.74) is 1.49. The minimum atomic E-state index is -0.738. The third-order valence-corrected chi connectivity index (χ3v) is 6.03. The Bertz CT molecular complexity index is 1160. The number of aliphatic hydroxyl groups excluding tert-OH is 1. The van der Waals surface area contributed by atoms with E-state index in [9.17, 15) is 14.7 Å². The Morgan fingerprint density at radius 1 is 1.12 bits per heavy atom. The fraction of sp³-hybridized carbons (Fsp3) is 0.208. The number of hydrogen-bond donors (Lipinski definition) is 1. The molecule has 0 bridgehead atoms. The number of hydrogen-bond acceptors (Lipinski definition) is 6. The zero-order chi connectivity index (χ0) is 24.0. The maximum Gasteiger partial charge on any atom is 0.344 e. The Hall–Kier alpha value is -2.74. The number of ether oxygens (including phenoxy) is 2. The number of amides is 1. The Morgan fingerprint density at radius 2 is 1.85 bits per heavy atom. The molecule has 1 aliphatic rings. The van der Waals surface area contributed by atoms with E-state index in [4.69, 9.17) is 32.7 Å². The normalized spacial score (nSPS) is 15.9. The molecule has 0 atom stereocenters. The van der Waals surface area contributed by atoms with E-state index in [2.05, 4.69) is 4.99 Å². The molecule has 0 aromatic heterocycles. The summed E-state index contributed by atoms with van der Waals surface area (Å²) >= 11 is 13.3. The summed E-state index contributed by atoms with van der Waals surface area (Å²) in [4.78, 5) is 28.4. The van der Waals surface area contributed by atoms with Gasteiger partial charge in [-0.2, -0.15) is 0 Å².